The first-order chi connectivity index (χ1) is 11.6. The molecule has 2 aliphatic carbocycles. The van der Waals surface area contributed by atoms with Crippen LogP contribution in [0.15, 0.2) is 24.3 Å². The van der Waals surface area contributed by atoms with Crippen LogP contribution >= 0.6 is 12.2 Å². The Balaban J connectivity index is 1.30. The van der Waals surface area contributed by atoms with Gasteiger partial charge in [0.1, 0.15) is 11.6 Å². The maximum absolute atomic E-state index is 13.3. The van der Waals surface area contributed by atoms with E-state index in [0.717, 1.165) is 30.7 Å². The van der Waals surface area contributed by atoms with Crippen LogP contribution in [0.25, 0.3) is 0 Å². The SMILES string of the molecule is O=C(NCCn1c(C2CC2)n[nH]c1=S)C1CC1c1cccc(F)c1. The number of H-pyrrole nitrogens is 1. The van der Waals surface area contributed by atoms with E-state index in [1.165, 1.54) is 12.1 Å². The van der Waals surface area contributed by atoms with Crippen molar-refractivity contribution in [1.82, 2.24) is 20.1 Å². The summed E-state index contributed by atoms with van der Waals surface area (Å²) < 4.78 is 15.9. The Bertz CT molecular complexity index is 826. The van der Waals surface area contributed by atoms with Crippen LogP contribution in [0.3, 0.4) is 0 Å². The predicted molar refractivity (Wildman–Crippen MR) is 89.6 cm³/mol. The zero-order valence-electron chi connectivity index (χ0n) is 13.2. The van der Waals surface area contributed by atoms with E-state index in [0.29, 0.717) is 23.8 Å². The summed E-state index contributed by atoms with van der Waals surface area (Å²) >= 11 is 5.25. The summed E-state index contributed by atoms with van der Waals surface area (Å²) in [5, 5.41) is 10.1. The number of carbonyl (C=O) groups is 1. The summed E-state index contributed by atoms with van der Waals surface area (Å²) in [7, 11) is 0. The van der Waals surface area contributed by atoms with Crippen molar-refractivity contribution in [1.29, 1.82) is 0 Å². The lowest BCUT2D eigenvalue weighted by atomic mass is 10.1. The lowest BCUT2D eigenvalue weighted by Crippen LogP contribution is -2.29. The average molecular weight is 346 g/mol. The molecule has 2 unspecified atom stereocenters. The summed E-state index contributed by atoms with van der Waals surface area (Å²) in [5.74, 6) is 1.38. The summed E-state index contributed by atoms with van der Waals surface area (Å²) in [4.78, 5) is 12.3. The van der Waals surface area contributed by atoms with Crippen molar-refractivity contribution in [2.45, 2.75) is 37.6 Å². The van der Waals surface area contributed by atoms with Crippen molar-refractivity contribution in [2.75, 3.05) is 6.54 Å². The van der Waals surface area contributed by atoms with E-state index < -0.39 is 0 Å². The van der Waals surface area contributed by atoms with Crippen LogP contribution in [0, 0.1) is 16.5 Å². The molecule has 2 aromatic rings. The number of carbonyl (C=O) groups excluding carboxylic acids is 1. The van der Waals surface area contributed by atoms with E-state index in [-0.39, 0.29) is 23.6 Å². The molecule has 0 spiro atoms. The van der Waals surface area contributed by atoms with Crippen LogP contribution in [0.2, 0.25) is 0 Å². The standard InChI is InChI=1S/C17H19FN4OS/c18-12-3-1-2-11(8-12)13-9-14(13)16(23)19-6-7-22-15(10-4-5-10)20-21-17(22)24/h1-3,8,10,13-14H,4-7,9H2,(H,19,23)(H,21,24). The van der Waals surface area contributed by atoms with E-state index in [1.54, 1.807) is 6.07 Å². The van der Waals surface area contributed by atoms with Gasteiger partial charge in [-0.2, -0.15) is 5.10 Å². The molecule has 2 N–H and O–H groups in total. The van der Waals surface area contributed by atoms with Crippen LogP contribution in [0.4, 0.5) is 4.39 Å². The zero-order valence-corrected chi connectivity index (χ0v) is 14.0. The lowest BCUT2D eigenvalue weighted by molar-refractivity contribution is -0.122. The summed E-state index contributed by atoms with van der Waals surface area (Å²) in [6.45, 7) is 1.16. The Morgan fingerprint density at radius 2 is 2.29 bits per heavy atom. The third-order valence-corrected chi connectivity index (χ3v) is 5.08. The summed E-state index contributed by atoms with van der Waals surface area (Å²) in [6, 6.07) is 6.52. The van der Waals surface area contributed by atoms with Crippen LogP contribution in [-0.2, 0) is 11.3 Å². The Kier molecular flexibility index (Phi) is 3.96. The van der Waals surface area contributed by atoms with Gasteiger partial charge in [-0.25, -0.2) is 4.39 Å². The van der Waals surface area contributed by atoms with Crippen molar-refractivity contribution in [3.63, 3.8) is 0 Å². The molecule has 2 saturated carbocycles. The van der Waals surface area contributed by atoms with Gasteiger partial charge in [0.2, 0.25) is 5.91 Å². The van der Waals surface area contributed by atoms with Crippen molar-refractivity contribution in [3.05, 3.63) is 46.2 Å². The van der Waals surface area contributed by atoms with Gasteiger partial charge in [0.25, 0.3) is 0 Å². The molecule has 2 atom stereocenters. The van der Waals surface area contributed by atoms with E-state index in [4.69, 9.17) is 12.2 Å². The minimum Gasteiger partial charge on any atom is -0.354 e. The van der Waals surface area contributed by atoms with E-state index >= 15 is 0 Å². The number of rotatable bonds is 6. The van der Waals surface area contributed by atoms with Crippen molar-refractivity contribution in [2.24, 2.45) is 5.92 Å². The van der Waals surface area contributed by atoms with Gasteiger partial charge in [-0.1, -0.05) is 12.1 Å². The van der Waals surface area contributed by atoms with E-state index in [2.05, 4.69) is 15.5 Å². The number of aromatic amines is 1. The van der Waals surface area contributed by atoms with Gasteiger partial charge in [-0.3, -0.25) is 9.89 Å². The lowest BCUT2D eigenvalue weighted by Gasteiger charge is -2.08. The Labute approximate surface area is 144 Å². The minimum absolute atomic E-state index is 0.0345. The number of halogens is 1. The summed E-state index contributed by atoms with van der Waals surface area (Å²) in [6.07, 6.45) is 3.10. The molecule has 1 aromatic carbocycles. The van der Waals surface area contributed by atoms with Gasteiger partial charge in [-0.15, -0.1) is 0 Å². The molecule has 1 aromatic heterocycles. The Hall–Kier alpha value is -2.02. The molecule has 0 radical (unpaired) electrons. The van der Waals surface area contributed by atoms with E-state index in [1.807, 2.05) is 10.6 Å². The monoisotopic (exact) mass is 346 g/mol. The molecule has 5 nitrogen and oxygen atoms in total. The van der Waals surface area contributed by atoms with E-state index in [9.17, 15) is 9.18 Å². The topological polar surface area (TPSA) is 62.7 Å². The Morgan fingerprint density at radius 3 is 3.04 bits per heavy atom. The van der Waals surface area contributed by atoms with Gasteiger partial charge in [-0.05, 0) is 55.1 Å². The molecule has 4 rings (SSSR count). The van der Waals surface area contributed by atoms with Gasteiger partial charge in [0.05, 0.1) is 0 Å². The second-order valence-electron chi connectivity index (χ2n) is 6.61. The van der Waals surface area contributed by atoms with Crippen molar-refractivity contribution < 1.29 is 9.18 Å². The molecule has 2 fully saturated rings. The maximum Gasteiger partial charge on any atom is 0.223 e. The molecular formula is C17H19FN4OS. The fraction of sp³-hybridized carbons (Fsp3) is 0.471. The molecule has 0 aliphatic heterocycles. The molecule has 2 aliphatic rings. The third kappa shape index (κ3) is 3.13. The largest absolute Gasteiger partial charge is 0.354 e. The Morgan fingerprint density at radius 1 is 1.46 bits per heavy atom. The maximum atomic E-state index is 13.3. The number of amides is 1. The number of aromatic nitrogens is 3. The van der Waals surface area contributed by atoms with Gasteiger partial charge in [0.15, 0.2) is 4.77 Å². The molecule has 0 saturated heterocycles. The average Bonchev–Trinajstić information content (AvgIpc) is 3.47. The molecule has 1 heterocycles. The number of nitrogens with zero attached hydrogens (tertiary/aromatic N) is 2. The quantitative estimate of drug-likeness (QED) is 0.791. The first-order valence-electron chi connectivity index (χ1n) is 8.32. The third-order valence-electron chi connectivity index (χ3n) is 4.77. The summed E-state index contributed by atoms with van der Waals surface area (Å²) in [5.41, 5.74) is 0.906. The molecule has 7 heteroatoms. The number of nitrogens with one attached hydrogen (secondary N) is 2. The normalized spacial score (nSPS) is 22.4. The predicted octanol–water partition coefficient (Wildman–Crippen LogP) is 2.88. The van der Waals surface area contributed by atoms with Gasteiger partial charge in [0, 0.05) is 24.9 Å². The van der Waals surface area contributed by atoms with Crippen LogP contribution < -0.4 is 5.32 Å². The van der Waals surface area contributed by atoms with Crippen molar-refractivity contribution in [3.8, 4) is 0 Å². The molecule has 0 bridgehead atoms. The first-order valence-corrected chi connectivity index (χ1v) is 8.72. The van der Waals surface area contributed by atoms with Crippen molar-refractivity contribution >= 4 is 18.1 Å². The highest BCUT2D eigenvalue weighted by Gasteiger charge is 2.43. The fourth-order valence-corrected chi connectivity index (χ4v) is 3.44. The van der Waals surface area contributed by atoms with Crippen LogP contribution in [0.1, 0.15) is 42.5 Å². The second-order valence-corrected chi connectivity index (χ2v) is 6.99. The highest BCUT2D eigenvalue weighted by atomic mass is 32.1. The number of hydrogen-bond donors (Lipinski definition) is 2. The molecule has 1 amide bonds. The first kappa shape index (κ1) is 15.5. The smallest absolute Gasteiger partial charge is 0.223 e. The van der Waals surface area contributed by atoms with Gasteiger partial charge < -0.3 is 9.88 Å². The highest BCUT2D eigenvalue weighted by Crippen LogP contribution is 2.47. The second kappa shape index (κ2) is 6.12. The van der Waals surface area contributed by atoms with Gasteiger partial charge >= 0.3 is 0 Å². The fourth-order valence-electron chi connectivity index (χ4n) is 3.21. The molecule has 24 heavy (non-hydrogen) atoms. The van der Waals surface area contributed by atoms with Crippen LogP contribution in [-0.4, -0.2) is 27.2 Å². The molecular weight excluding hydrogens is 327 g/mol. The number of benzene rings is 1. The molecule has 126 valence electrons. The number of hydrogen-bond acceptors (Lipinski definition) is 3. The highest BCUT2D eigenvalue weighted by molar-refractivity contribution is 7.71. The minimum atomic E-state index is -0.250. The zero-order chi connectivity index (χ0) is 16.7. The van der Waals surface area contributed by atoms with Crippen LogP contribution in [0.5, 0.6) is 0 Å².